The van der Waals surface area contributed by atoms with Gasteiger partial charge in [0.05, 0.1) is 10.9 Å². The van der Waals surface area contributed by atoms with E-state index in [1.807, 2.05) is 44.2 Å². The molecule has 6 heteroatoms. The molecule has 4 rings (SSSR count). The fraction of sp³-hybridized carbons (Fsp3) is 0.0833. The van der Waals surface area contributed by atoms with E-state index in [4.69, 9.17) is 13.9 Å². The first kappa shape index (κ1) is 20.2. The Labute approximate surface area is 186 Å². The number of carbonyl (C=O) groups is 1. The Bertz CT molecular complexity index is 1300. The Morgan fingerprint density at radius 3 is 2.40 bits per heavy atom. The van der Waals surface area contributed by atoms with Crippen LogP contribution in [0.1, 0.15) is 21.5 Å². The van der Waals surface area contributed by atoms with Crippen molar-refractivity contribution in [3.05, 3.63) is 97.4 Å². The van der Waals surface area contributed by atoms with Crippen molar-refractivity contribution in [2.45, 2.75) is 13.8 Å². The fourth-order valence-electron chi connectivity index (χ4n) is 3.13. The minimum Gasteiger partial charge on any atom is -0.460 e. The highest BCUT2D eigenvalue weighted by Crippen LogP contribution is 2.26. The Morgan fingerprint density at radius 1 is 0.933 bits per heavy atom. The molecule has 0 saturated carbocycles. The highest BCUT2D eigenvalue weighted by Gasteiger charge is 2.14. The maximum atomic E-state index is 12.8. The van der Waals surface area contributed by atoms with Gasteiger partial charge in [0.25, 0.3) is 0 Å². The van der Waals surface area contributed by atoms with E-state index in [0.717, 1.165) is 14.7 Å². The van der Waals surface area contributed by atoms with Crippen LogP contribution in [0.25, 0.3) is 11.0 Å². The third kappa shape index (κ3) is 4.23. The summed E-state index contributed by atoms with van der Waals surface area (Å²) in [6.07, 6.45) is 1.27. The first-order chi connectivity index (χ1) is 14.4. The minimum atomic E-state index is -0.475. The van der Waals surface area contributed by atoms with Crippen molar-refractivity contribution in [3.63, 3.8) is 0 Å². The minimum absolute atomic E-state index is 0.0936. The van der Waals surface area contributed by atoms with Gasteiger partial charge in [-0.05, 0) is 84.0 Å². The lowest BCUT2D eigenvalue weighted by Crippen LogP contribution is -2.10. The van der Waals surface area contributed by atoms with E-state index in [0.29, 0.717) is 28.0 Å². The van der Waals surface area contributed by atoms with Crippen molar-refractivity contribution in [1.82, 2.24) is 0 Å². The van der Waals surface area contributed by atoms with Gasteiger partial charge in [-0.3, -0.25) is 4.79 Å². The molecule has 0 N–H and O–H groups in total. The van der Waals surface area contributed by atoms with Crippen LogP contribution >= 0.6 is 22.6 Å². The Hall–Kier alpha value is -3.13. The van der Waals surface area contributed by atoms with Crippen LogP contribution in [0.3, 0.4) is 0 Å². The first-order valence-electron chi connectivity index (χ1n) is 9.19. The number of ether oxygens (including phenoxy) is 2. The lowest BCUT2D eigenvalue weighted by Gasteiger charge is -2.09. The van der Waals surface area contributed by atoms with Crippen LogP contribution in [-0.4, -0.2) is 5.97 Å². The predicted octanol–water partition coefficient (Wildman–Crippen LogP) is 6.03. The Balaban J connectivity index is 1.62. The summed E-state index contributed by atoms with van der Waals surface area (Å²) in [7, 11) is 0. The van der Waals surface area contributed by atoms with Crippen LogP contribution < -0.4 is 14.9 Å². The third-order valence-corrected chi connectivity index (χ3v) is 5.38. The number of hydrogen-bond acceptors (Lipinski definition) is 5. The summed E-state index contributed by atoms with van der Waals surface area (Å²) in [6.45, 7) is 3.92. The molecule has 1 heterocycles. The van der Waals surface area contributed by atoms with Gasteiger partial charge in [-0.1, -0.05) is 18.2 Å². The highest BCUT2D eigenvalue weighted by molar-refractivity contribution is 14.1. The average Bonchev–Trinajstić information content (AvgIpc) is 2.70. The molecule has 0 atom stereocenters. The van der Waals surface area contributed by atoms with Crippen LogP contribution in [0.4, 0.5) is 0 Å². The number of esters is 1. The largest absolute Gasteiger partial charge is 0.460 e. The van der Waals surface area contributed by atoms with E-state index in [1.54, 1.807) is 24.3 Å². The monoisotopic (exact) mass is 512 g/mol. The number of carbonyl (C=O) groups excluding carboxylic acids is 1. The molecule has 0 bridgehead atoms. The smallest absolute Gasteiger partial charge is 0.344 e. The Morgan fingerprint density at radius 2 is 1.67 bits per heavy atom. The summed E-state index contributed by atoms with van der Waals surface area (Å²) in [5.74, 6) is 0.480. The van der Waals surface area contributed by atoms with Gasteiger partial charge in [0.1, 0.15) is 23.3 Å². The molecule has 0 aliphatic carbocycles. The predicted molar refractivity (Wildman–Crippen MR) is 123 cm³/mol. The SMILES string of the molecule is Cc1cc(C)cc(Oc2coc3cc(OC(=O)c4ccccc4I)ccc3c2=O)c1. The zero-order valence-corrected chi connectivity index (χ0v) is 18.4. The van der Waals surface area contributed by atoms with Gasteiger partial charge in [0.15, 0.2) is 0 Å². The molecule has 150 valence electrons. The molecule has 30 heavy (non-hydrogen) atoms. The van der Waals surface area contributed by atoms with E-state index in [-0.39, 0.29) is 11.2 Å². The van der Waals surface area contributed by atoms with Crippen LogP contribution in [0.2, 0.25) is 0 Å². The number of fused-ring (bicyclic) bond motifs is 1. The van der Waals surface area contributed by atoms with E-state index in [2.05, 4.69) is 22.6 Å². The molecule has 0 radical (unpaired) electrons. The van der Waals surface area contributed by atoms with E-state index >= 15 is 0 Å². The van der Waals surface area contributed by atoms with Crippen molar-refractivity contribution in [2.24, 2.45) is 0 Å². The van der Waals surface area contributed by atoms with Crippen molar-refractivity contribution < 1.29 is 18.7 Å². The second-order valence-electron chi connectivity index (χ2n) is 6.88. The average molecular weight is 512 g/mol. The molecule has 5 nitrogen and oxygen atoms in total. The molecule has 1 aromatic heterocycles. The molecule has 3 aromatic carbocycles. The number of rotatable bonds is 4. The lowest BCUT2D eigenvalue weighted by atomic mass is 10.1. The second kappa shape index (κ2) is 8.31. The quantitative estimate of drug-likeness (QED) is 0.190. The van der Waals surface area contributed by atoms with Crippen molar-refractivity contribution in [1.29, 1.82) is 0 Å². The van der Waals surface area contributed by atoms with E-state index in [9.17, 15) is 9.59 Å². The molecule has 0 aliphatic heterocycles. The van der Waals surface area contributed by atoms with Gasteiger partial charge in [0.2, 0.25) is 11.2 Å². The zero-order chi connectivity index (χ0) is 21.3. The van der Waals surface area contributed by atoms with Crippen LogP contribution in [0.5, 0.6) is 17.2 Å². The van der Waals surface area contributed by atoms with Crippen LogP contribution in [0.15, 0.2) is 76.1 Å². The summed E-state index contributed by atoms with van der Waals surface area (Å²) in [6, 6.07) is 17.5. The van der Waals surface area contributed by atoms with E-state index in [1.165, 1.54) is 12.3 Å². The van der Waals surface area contributed by atoms with Gasteiger partial charge in [0, 0.05) is 9.64 Å². The van der Waals surface area contributed by atoms with Crippen LogP contribution in [0, 0.1) is 17.4 Å². The van der Waals surface area contributed by atoms with Crippen molar-refractivity contribution in [3.8, 4) is 17.2 Å². The van der Waals surface area contributed by atoms with Gasteiger partial charge in [-0.15, -0.1) is 0 Å². The number of hydrogen-bond donors (Lipinski definition) is 0. The first-order valence-corrected chi connectivity index (χ1v) is 10.3. The zero-order valence-electron chi connectivity index (χ0n) is 16.3. The summed E-state index contributed by atoms with van der Waals surface area (Å²) < 4.78 is 17.6. The van der Waals surface area contributed by atoms with E-state index < -0.39 is 5.97 Å². The molecule has 0 unspecified atom stereocenters. The van der Waals surface area contributed by atoms with Gasteiger partial charge >= 0.3 is 5.97 Å². The molecule has 0 spiro atoms. The molecule has 4 aromatic rings. The third-order valence-electron chi connectivity index (χ3n) is 4.44. The van der Waals surface area contributed by atoms with Crippen LogP contribution in [-0.2, 0) is 0 Å². The van der Waals surface area contributed by atoms with Crippen molar-refractivity contribution >= 4 is 39.5 Å². The summed E-state index contributed by atoms with van der Waals surface area (Å²) in [5.41, 5.74) is 2.55. The van der Waals surface area contributed by atoms with Crippen molar-refractivity contribution in [2.75, 3.05) is 0 Å². The molecular weight excluding hydrogens is 495 g/mol. The lowest BCUT2D eigenvalue weighted by molar-refractivity contribution is 0.0734. The highest BCUT2D eigenvalue weighted by atomic mass is 127. The summed E-state index contributed by atoms with van der Waals surface area (Å²) in [4.78, 5) is 25.2. The topological polar surface area (TPSA) is 65.7 Å². The Kier molecular flexibility index (Phi) is 5.59. The molecule has 0 saturated heterocycles. The van der Waals surface area contributed by atoms with Gasteiger partial charge in [-0.2, -0.15) is 0 Å². The number of aryl methyl sites for hydroxylation is 2. The normalized spacial score (nSPS) is 10.8. The number of halogens is 1. The maximum absolute atomic E-state index is 12.8. The molecule has 0 amide bonds. The summed E-state index contributed by atoms with van der Waals surface area (Å²) in [5, 5.41) is 0.339. The standard InChI is InChI=1S/C24H17IO5/c1-14-9-15(2)11-17(10-14)29-22-13-28-21-12-16(7-8-19(21)23(22)26)30-24(27)18-5-3-4-6-20(18)25/h3-13H,1-2H3. The molecular formula is C24H17IO5. The van der Waals surface area contributed by atoms with Gasteiger partial charge in [-0.25, -0.2) is 4.79 Å². The summed E-state index contributed by atoms with van der Waals surface area (Å²) >= 11 is 2.08. The molecule has 0 aliphatic rings. The van der Waals surface area contributed by atoms with Gasteiger partial charge < -0.3 is 13.9 Å². The maximum Gasteiger partial charge on any atom is 0.344 e. The number of benzene rings is 3. The fourth-order valence-corrected chi connectivity index (χ4v) is 3.74. The second-order valence-corrected chi connectivity index (χ2v) is 8.04. The molecule has 0 fully saturated rings.